The molecule has 0 amide bonds. The zero-order valence-electron chi connectivity index (χ0n) is 17.6. The first-order valence-corrected chi connectivity index (χ1v) is 11.6. The van der Waals surface area contributed by atoms with Crippen molar-refractivity contribution in [1.82, 2.24) is 0 Å². The van der Waals surface area contributed by atoms with E-state index in [0.717, 1.165) is 12.8 Å². The highest BCUT2D eigenvalue weighted by atomic mass is 16.7. The van der Waals surface area contributed by atoms with Gasteiger partial charge in [-0.25, -0.2) is 4.79 Å². The molecule has 0 unspecified atom stereocenters. The minimum absolute atomic E-state index is 0.355. The lowest BCUT2D eigenvalue weighted by Crippen LogP contribution is -2.01. The molecule has 0 fully saturated rings. The van der Waals surface area contributed by atoms with E-state index in [-0.39, 0.29) is 0 Å². The second-order valence-corrected chi connectivity index (χ2v) is 7.83. The van der Waals surface area contributed by atoms with Crippen LogP contribution >= 0.6 is 0 Å². The van der Waals surface area contributed by atoms with E-state index < -0.39 is 6.16 Å². The van der Waals surface area contributed by atoms with E-state index in [1.54, 1.807) is 0 Å². The summed E-state index contributed by atoms with van der Waals surface area (Å²) in [5, 5.41) is 8.35. The molecule has 0 aromatic heterocycles. The van der Waals surface area contributed by atoms with Crippen molar-refractivity contribution < 1.29 is 14.6 Å². The smallest absolute Gasteiger partial charge is 0.450 e. The summed E-state index contributed by atoms with van der Waals surface area (Å²) >= 11 is 0. The highest BCUT2D eigenvalue weighted by Gasteiger charge is 1.97. The fourth-order valence-corrected chi connectivity index (χ4v) is 3.52. The van der Waals surface area contributed by atoms with Crippen molar-refractivity contribution in [2.75, 3.05) is 6.61 Å². The summed E-state index contributed by atoms with van der Waals surface area (Å²) in [6.07, 6.45) is 26.0. The fourth-order valence-electron chi connectivity index (χ4n) is 3.52. The number of rotatable bonds is 21. The summed E-state index contributed by atoms with van der Waals surface area (Å²) < 4.78 is 4.50. The number of carboxylic acid groups (broad SMARTS) is 1. The van der Waals surface area contributed by atoms with Gasteiger partial charge in [-0.2, -0.15) is 0 Å². The van der Waals surface area contributed by atoms with E-state index in [2.05, 4.69) is 11.7 Å². The molecule has 0 radical (unpaired) electrons. The van der Waals surface area contributed by atoms with Crippen LogP contribution in [0.3, 0.4) is 0 Å². The largest absolute Gasteiger partial charge is 0.505 e. The summed E-state index contributed by atoms with van der Waals surface area (Å²) in [5.74, 6) is 0. The van der Waals surface area contributed by atoms with Crippen LogP contribution in [0.2, 0.25) is 0 Å². The molecule has 0 aliphatic rings. The maximum Gasteiger partial charge on any atom is 0.505 e. The third-order valence-electron chi connectivity index (χ3n) is 5.22. The molecule has 0 aromatic rings. The fraction of sp³-hybridized carbons (Fsp3) is 0.957. The zero-order chi connectivity index (χ0) is 19.1. The Hall–Kier alpha value is -0.730. The SMILES string of the molecule is CCCCCCCCCCCCCCCCCCCCCCOC(=O)O. The van der Waals surface area contributed by atoms with Crippen LogP contribution in [0, 0.1) is 0 Å². The third-order valence-corrected chi connectivity index (χ3v) is 5.22. The van der Waals surface area contributed by atoms with Gasteiger partial charge < -0.3 is 9.84 Å². The van der Waals surface area contributed by atoms with Gasteiger partial charge in [-0.1, -0.05) is 129 Å². The lowest BCUT2D eigenvalue weighted by atomic mass is 10.0. The van der Waals surface area contributed by atoms with Gasteiger partial charge in [0.25, 0.3) is 0 Å². The lowest BCUT2D eigenvalue weighted by Gasteiger charge is -2.04. The monoisotopic (exact) mass is 370 g/mol. The summed E-state index contributed by atoms with van der Waals surface area (Å²) in [4.78, 5) is 10.2. The van der Waals surface area contributed by atoms with Gasteiger partial charge in [0.15, 0.2) is 0 Å². The Labute approximate surface area is 163 Å². The summed E-state index contributed by atoms with van der Waals surface area (Å²) in [7, 11) is 0. The highest BCUT2D eigenvalue weighted by molar-refractivity contribution is 5.56. The van der Waals surface area contributed by atoms with Crippen molar-refractivity contribution in [1.29, 1.82) is 0 Å². The van der Waals surface area contributed by atoms with E-state index in [0.29, 0.717) is 6.61 Å². The second kappa shape index (κ2) is 22.3. The van der Waals surface area contributed by atoms with Crippen LogP contribution in [-0.2, 0) is 4.74 Å². The van der Waals surface area contributed by atoms with Crippen LogP contribution in [0.15, 0.2) is 0 Å². The molecule has 0 bridgehead atoms. The van der Waals surface area contributed by atoms with Crippen LogP contribution in [0.5, 0.6) is 0 Å². The van der Waals surface area contributed by atoms with Gasteiger partial charge in [0, 0.05) is 0 Å². The molecule has 0 spiro atoms. The van der Waals surface area contributed by atoms with Crippen molar-refractivity contribution >= 4 is 6.16 Å². The zero-order valence-corrected chi connectivity index (χ0v) is 17.6. The standard InChI is InChI=1S/C23H46O3/c1-2-3-4-5-6-7-8-9-10-11-12-13-14-15-16-17-18-19-20-21-22-26-23(24)25/h2-22H2,1H3,(H,24,25). The van der Waals surface area contributed by atoms with E-state index in [4.69, 9.17) is 5.11 Å². The Balaban J connectivity index is 2.98. The summed E-state index contributed by atoms with van der Waals surface area (Å²) in [5.41, 5.74) is 0. The van der Waals surface area contributed by atoms with Crippen LogP contribution in [0.1, 0.15) is 135 Å². The van der Waals surface area contributed by atoms with Gasteiger partial charge in [0.2, 0.25) is 0 Å². The van der Waals surface area contributed by atoms with Gasteiger partial charge in [0.05, 0.1) is 6.61 Å². The number of hydrogen-bond donors (Lipinski definition) is 1. The molecule has 26 heavy (non-hydrogen) atoms. The Morgan fingerprint density at radius 2 is 0.808 bits per heavy atom. The normalized spacial score (nSPS) is 11.0. The lowest BCUT2D eigenvalue weighted by molar-refractivity contribution is 0.0899. The van der Waals surface area contributed by atoms with Crippen LogP contribution in [-0.4, -0.2) is 17.9 Å². The number of unbranched alkanes of at least 4 members (excludes halogenated alkanes) is 19. The van der Waals surface area contributed by atoms with Crippen molar-refractivity contribution in [3.63, 3.8) is 0 Å². The van der Waals surface area contributed by atoms with Gasteiger partial charge >= 0.3 is 6.16 Å². The van der Waals surface area contributed by atoms with E-state index in [9.17, 15) is 4.79 Å². The van der Waals surface area contributed by atoms with E-state index in [1.807, 2.05) is 0 Å². The molecular formula is C23H46O3. The first kappa shape index (κ1) is 25.3. The second-order valence-electron chi connectivity index (χ2n) is 7.83. The van der Waals surface area contributed by atoms with Gasteiger partial charge in [-0.15, -0.1) is 0 Å². The van der Waals surface area contributed by atoms with Gasteiger partial charge in [0.1, 0.15) is 0 Å². The molecule has 0 aromatic carbocycles. The maximum atomic E-state index is 10.2. The van der Waals surface area contributed by atoms with Crippen LogP contribution in [0.4, 0.5) is 4.79 Å². The minimum atomic E-state index is -1.15. The summed E-state index contributed by atoms with van der Waals surface area (Å²) in [6, 6.07) is 0. The van der Waals surface area contributed by atoms with Gasteiger partial charge in [-0.05, 0) is 6.42 Å². The predicted molar refractivity (Wildman–Crippen MR) is 112 cm³/mol. The Bertz CT molecular complexity index is 279. The minimum Gasteiger partial charge on any atom is -0.450 e. The highest BCUT2D eigenvalue weighted by Crippen LogP contribution is 2.14. The molecule has 0 rings (SSSR count). The molecule has 0 aliphatic carbocycles. The average Bonchev–Trinajstić information content (AvgIpc) is 2.62. The molecule has 0 saturated carbocycles. The van der Waals surface area contributed by atoms with Crippen LogP contribution in [0.25, 0.3) is 0 Å². The van der Waals surface area contributed by atoms with Crippen molar-refractivity contribution in [3.8, 4) is 0 Å². The van der Waals surface area contributed by atoms with Crippen molar-refractivity contribution in [2.24, 2.45) is 0 Å². The van der Waals surface area contributed by atoms with E-state index in [1.165, 1.54) is 116 Å². The topological polar surface area (TPSA) is 46.5 Å². The number of carbonyl (C=O) groups is 1. The molecule has 0 aliphatic heterocycles. The van der Waals surface area contributed by atoms with E-state index >= 15 is 0 Å². The number of ether oxygens (including phenoxy) is 1. The van der Waals surface area contributed by atoms with Crippen molar-refractivity contribution in [2.45, 2.75) is 135 Å². The number of hydrogen-bond acceptors (Lipinski definition) is 2. The molecule has 0 heterocycles. The first-order chi connectivity index (χ1) is 12.8. The molecule has 0 saturated heterocycles. The molecule has 0 atom stereocenters. The Morgan fingerprint density at radius 3 is 1.08 bits per heavy atom. The summed E-state index contributed by atoms with van der Waals surface area (Å²) in [6.45, 7) is 2.64. The van der Waals surface area contributed by atoms with Crippen LogP contribution < -0.4 is 0 Å². The predicted octanol–water partition coefficient (Wildman–Crippen LogP) is 8.50. The Kier molecular flexibility index (Phi) is 21.7. The first-order valence-electron chi connectivity index (χ1n) is 11.6. The quantitative estimate of drug-likeness (QED) is 0.163. The molecule has 1 N–H and O–H groups in total. The van der Waals surface area contributed by atoms with Gasteiger partial charge in [-0.3, -0.25) is 0 Å². The average molecular weight is 371 g/mol. The maximum absolute atomic E-state index is 10.2. The molecule has 3 heteroatoms. The van der Waals surface area contributed by atoms with Crippen molar-refractivity contribution in [3.05, 3.63) is 0 Å². The molecule has 3 nitrogen and oxygen atoms in total. The Morgan fingerprint density at radius 1 is 0.538 bits per heavy atom. The molecule has 156 valence electrons. The molecular weight excluding hydrogens is 324 g/mol. The third kappa shape index (κ3) is 23.3.